The molecule has 5 rings (SSSR count). The summed E-state index contributed by atoms with van der Waals surface area (Å²) in [5.41, 5.74) is 3.43. The average Bonchev–Trinajstić information content (AvgIpc) is 3.52. The Kier molecular flexibility index (Phi) is 7.96. The van der Waals surface area contributed by atoms with Crippen LogP contribution in [0, 0.1) is 0 Å². The largest absolute Gasteiger partial charge is 0.488 e. The van der Waals surface area contributed by atoms with Crippen molar-refractivity contribution in [2.45, 2.75) is 25.6 Å². The van der Waals surface area contributed by atoms with Gasteiger partial charge in [-0.25, -0.2) is 4.68 Å². The highest BCUT2D eigenvalue weighted by Crippen LogP contribution is 2.34. The first-order valence-electron chi connectivity index (χ1n) is 11.3. The topological polar surface area (TPSA) is 43.2 Å². The van der Waals surface area contributed by atoms with Gasteiger partial charge in [-0.1, -0.05) is 75.4 Å². The second-order valence-electron chi connectivity index (χ2n) is 8.67. The fraction of sp³-hybridized carbons (Fsp3) is 0.231. The van der Waals surface area contributed by atoms with Crippen molar-refractivity contribution in [3.05, 3.63) is 97.0 Å². The molecule has 36 heavy (non-hydrogen) atoms. The van der Waals surface area contributed by atoms with Gasteiger partial charge >= 0.3 is 0 Å². The van der Waals surface area contributed by atoms with Crippen molar-refractivity contribution < 1.29 is 4.74 Å². The summed E-state index contributed by atoms with van der Waals surface area (Å²) in [4.78, 5) is 2.35. The molecule has 10 heteroatoms. The zero-order chi connectivity index (χ0) is 25.2. The third-order valence-corrected chi connectivity index (χ3v) is 7.70. The molecule has 1 aliphatic heterocycles. The maximum Gasteiger partial charge on any atom is 0.129 e. The van der Waals surface area contributed by atoms with Crippen molar-refractivity contribution in [1.29, 1.82) is 0 Å². The average molecular weight is 583 g/mol. The summed E-state index contributed by atoms with van der Waals surface area (Å²) >= 11 is 30.9. The molecular formula is C26H21Cl5N4O. The Morgan fingerprint density at radius 2 is 1.67 bits per heavy atom. The van der Waals surface area contributed by atoms with Gasteiger partial charge in [0.25, 0.3) is 0 Å². The van der Waals surface area contributed by atoms with Crippen LogP contribution in [0.2, 0.25) is 25.1 Å². The quantitative estimate of drug-likeness (QED) is 0.220. The monoisotopic (exact) mass is 580 g/mol. The molecule has 0 N–H and O–H groups in total. The number of hydrogen-bond acceptors (Lipinski definition) is 4. The second-order valence-corrected chi connectivity index (χ2v) is 10.8. The summed E-state index contributed by atoms with van der Waals surface area (Å²) in [7, 11) is 0. The third kappa shape index (κ3) is 5.94. The van der Waals surface area contributed by atoms with Crippen LogP contribution in [0.1, 0.15) is 23.6 Å². The van der Waals surface area contributed by atoms with Crippen LogP contribution in [0.4, 0.5) is 0 Å². The summed E-state index contributed by atoms with van der Waals surface area (Å²) in [6, 6.07) is 16.7. The molecule has 1 aromatic heterocycles. The van der Waals surface area contributed by atoms with Crippen molar-refractivity contribution in [3.63, 3.8) is 0 Å². The fourth-order valence-electron chi connectivity index (χ4n) is 4.26. The molecule has 1 saturated heterocycles. The van der Waals surface area contributed by atoms with Crippen LogP contribution >= 0.6 is 58.0 Å². The van der Waals surface area contributed by atoms with E-state index in [0.717, 1.165) is 42.7 Å². The van der Waals surface area contributed by atoms with Crippen LogP contribution in [0.5, 0.6) is 5.75 Å². The number of nitrogens with zero attached hydrogens (tertiary/aromatic N) is 4. The molecule has 0 spiro atoms. The summed E-state index contributed by atoms with van der Waals surface area (Å²) in [6.07, 6.45) is 2.91. The number of halogens is 5. The van der Waals surface area contributed by atoms with Gasteiger partial charge in [-0.15, -0.1) is 5.10 Å². The first-order chi connectivity index (χ1) is 17.4. The van der Waals surface area contributed by atoms with E-state index in [1.54, 1.807) is 24.3 Å². The summed E-state index contributed by atoms with van der Waals surface area (Å²) in [5.74, 6) is 0.656. The zero-order valence-electron chi connectivity index (χ0n) is 19.0. The lowest BCUT2D eigenvalue weighted by molar-refractivity contribution is 0.307. The minimum absolute atomic E-state index is 0.206. The van der Waals surface area contributed by atoms with Gasteiger partial charge in [0.05, 0.1) is 22.3 Å². The van der Waals surface area contributed by atoms with Crippen molar-refractivity contribution in [2.75, 3.05) is 13.1 Å². The van der Waals surface area contributed by atoms with E-state index in [9.17, 15) is 0 Å². The Morgan fingerprint density at radius 1 is 0.861 bits per heavy atom. The number of benzene rings is 3. The minimum atomic E-state index is 0.206. The normalized spacial score (nSPS) is 16.0. The molecule has 3 aromatic carbocycles. The summed E-state index contributed by atoms with van der Waals surface area (Å²) < 4.78 is 8.02. The maximum atomic E-state index is 6.37. The molecule has 4 aromatic rings. The van der Waals surface area contributed by atoms with E-state index in [1.807, 2.05) is 41.2 Å². The van der Waals surface area contributed by atoms with Gasteiger partial charge in [0.2, 0.25) is 0 Å². The smallest absolute Gasteiger partial charge is 0.129 e. The molecule has 2 heterocycles. The van der Waals surface area contributed by atoms with E-state index < -0.39 is 0 Å². The first-order valence-corrected chi connectivity index (χ1v) is 13.2. The van der Waals surface area contributed by atoms with Crippen molar-refractivity contribution in [3.8, 4) is 17.0 Å². The highest BCUT2D eigenvalue weighted by atomic mass is 35.5. The molecule has 0 aliphatic carbocycles. The Morgan fingerprint density at radius 3 is 2.47 bits per heavy atom. The number of ether oxygens (including phenoxy) is 1. The van der Waals surface area contributed by atoms with Gasteiger partial charge < -0.3 is 4.74 Å². The van der Waals surface area contributed by atoms with Crippen LogP contribution in [0.15, 0.2) is 60.8 Å². The lowest BCUT2D eigenvalue weighted by atomic mass is 10.1. The molecule has 0 bridgehead atoms. The lowest BCUT2D eigenvalue weighted by Gasteiger charge is -2.17. The molecular weight excluding hydrogens is 562 g/mol. The van der Waals surface area contributed by atoms with Crippen molar-refractivity contribution in [1.82, 2.24) is 19.9 Å². The van der Waals surface area contributed by atoms with Crippen LogP contribution in [-0.4, -0.2) is 33.0 Å². The second kappa shape index (κ2) is 11.2. The van der Waals surface area contributed by atoms with Crippen LogP contribution in [0.3, 0.4) is 0 Å². The summed E-state index contributed by atoms with van der Waals surface area (Å²) in [6.45, 7) is 2.87. The van der Waals surface area contributed by atoms with Crippen LogP contribution in [0.25, 0.3) is 11.3 Å². The number of hydrogen-bond donors (Lipinski definition) is 0. The van der Waals surface area contributed by atoms with Crippen molar-refractivity contribution >= 4 is 58.0 Å². The SMILES string of the molecule is Clc1ccc(CN2CCC(n3cc(-c4cc(Cl)ccc4OCc4ccc(Cl)c(Cl)c4)nn3)C2)c(Cl)c1. The van der Waals surface area contributed by atoms with Gasteiger partial charge in [0, 0.05) is 40.3 Å². The third-order valence-electron chi connectivity index (χ3n) is 6.14. The van der Waals surface area contributed by atoms with E-state index in [-0.39, 0.29) is 6.04 Å². The highest BCUT2D eigenvalue weighted by molar-refractivity contribution is 6.42. The minimum Gasteiger partial charge on any atom is -0.488 e. The first kappa shape index (κ1) is 25.7. The van der Waals surface area contributed by atoms with Gasteiger partial charge in [-0.05, 0) is 60.0 Å². The van der Waals surface area contributed by atoms with Gasteiger partial charge in [0.1, 0.15) is 18.1 Å². The molecule has 186 valence electrons. The van der Waals surface area contributed by atoms with Crippen molar-refractivity contribution in [2.24, 2.45) is 0 Å². The molecule has 0 amide bonds. The van der Waals surface area contributed by atoms with Crippen LogP contribution < -0.4 is 4.74 Å². The zero-order valence-corrected chi connectivity index (χ0v) is 22.8. The lowest BCUT2D eigenvalue weighted by Crippen LogP contribution is -2.21. The van der Waals surface area contributed by atoms with Gasteiger partial charge in [-0.2, -0.15) is 0 Å². The van der Waals surface area contributed by atoms with E-state index in [1.165, 1.54) is 0 Å². The standard InChI is InChI=1S/C26H21Cl5N4O/c27-18-4-6-26(36-15-16-1-5-22(29)24(31)9-16)21(10-18)25-14-35(33-32-25)20-7-8-34(13-20)12-17-2-3-19(28)11-23(17)30/h1-6,9-11,14,20H,7-8,12-13,15H2. The molecule has 1 unspecified atom stereocenters. The fourth-order valence-corrected chi connectivity index (χ4v) is 5.22. The highest BCUT2D eigenvalue weighted by Gasteiger charge is 2.26. The number of aromatic nitrogens is 3. The van der Waals surface area contributed by atoms with E-state index >= 15 is 0 Å². The molecule has 0 radical (unpaired) electrons. The summed E-state index contributed by atoms with van der Waals surface area (Å²) in [5, 5.41) is 11.8. The molecule has 1 atom stereocenters. The number of rotatable bonds is 7. The van der Waals surface area contributed by atoms with E-state index in [0.29, 0.717) is 43.2 Å². The Hall–Kier alpha value is -1.99. The van der Waals surface area contributed by atoms with Gasteiger partial charge in [0.15, 0.2) is 0 Å². The molecule has 1 aliphatic rings. The Balaban J connectivity index is 1.29. The number of likely N-dealkylation sites (tertiary alicyclic amines) is 1. The molecule has 5 nitrogen and oxygen atoms in total. The van der Waals surface area contributed by atoms with E-state index in [2.05, 4.69) is 15.2 Å². The predicted molar refractivity (Wildman–Crippen MR) is 147 cm³/mol. The Labute approximate surface area is 234 Å². The maximum absolute atomic E-state index is 6.37. The molecule has 1 fully saturated rings. The van der Waals surface area contributed by atoms with Gasteiger partial charge in [-0.3, -0.25) is 4.90 Å². The molecule has 0 saturated carbocycles. The predicted octanol–water partition coefficient (Wildman–Crippen LogP) is 8.24. The van der Waals surface area contributed by atoms with Crippen LogP contribution in [-0.2, 0) is 13.2 Å². The Bertz CT molecular complexity index is 1390. The van der Waals surface area contributed by atoms with E-state index in [4.69, 9.17) is 62.7 Å².